The van der Waals surface area contributed by atoms with Gasteiger partial charge in [0.25, 0.3) is 0 Å². The highest BCUT2D eigenvalue weighted by atomic mass is 14.1. The minimum absolute atomic E-state index is 0.893. The molecule has 1 radical (unpaired) electrons. The van der Waals surface area contributed by atoms with Crippen LogP contribution in [-0.2, 0) is 0 Å². The molecule has 0 nitrogen and oxygen atoms in total. The Labute approximate surface area is 66.0 Å². The third-order valence-corrected chi connectivity index (χ3v) is 2.02. The van der Waals surface area contributed by atoms with Gasteiger partial charge in [-0.25, -0.2) is 0 Å². The van der Waals surface area contributed by atoms with Crippen LogP contribution in [-0.4, -0.2) is 0 Å². The van der Waals surface area contributed by atoms with E-state index in [9.17, 15) is 0 Å². The third-order valence-electron chi connectivity index (χ3n) is 2.02. The lowest BCUT2D eigenvalue weighted by Crippen LogP contribution is -1.98. The lowest BCUT2D eigenvalue weighted by molar-refractivity contribution is 0.498. The van der Waals surface area contributed by atoms with Crippen molar-refractivity contribution in [3.05, 3.63) is 6.42 Å². The highest BCUT2D eigenvalue weighted by Crippen LogP contribution is 2.16. The second-order valence-electron chi connectivity index (χ2n) is 2.95. The van der Waals surface area contributed by atoms with Gasteiger partial charge >= 0.3 is 0 Å². The summed E-state index contributed by atoms with van der Waals surface area (Å²) in [5, 5.41) is 0. The first-order valence-electron chi connectivity index (χ1n) is 4.68. The van der Waals surface area contributed by atoms with Crippen LogP contribution in [0.2, 0.25) is 0 Å². The van der Waals surface area contributed by atoms with Gasteiger partial charge in [-0.15, -0.1) is 0 Å². The van der Waals surface area contributed by atoms with Crippen LogP contribution in [0.25, 0.3) is 0 Å². The summed E-state index contributed by atoms with van der Waals surface area (Å²) in [5.41, 5.74) is 0. The Morgan fingerprint density at radius 2 is 1.90 bits per heavy atom. The Balaban J connectivity index is 3.21. The zero-order valence-corrected chi connectivity index (χ0v) is 7.69. The predicted octanol–water partition coefficient (Wildman–Crippen LogP) is 3.82. The van der Waals surface area contributed by atoms with Gasteiger partial charge in [0.2, 0.25) is 0 Å². The molecule has 0 fully saturated rings. The first kappa shape index (κ1) is 10.0. The molecule has 61 valence electrons. The number of hydrogen-bond acceptors (Lipinski definition) is 0. The van der Waals surface area contributed by atoms with E-state index in [4.69, 9.17) is 0 Å². The normalized spacial score (nSPS) is 13.5. The van der Waals surface area contributed by atoms with Crippen molar-refractivity contribution in [1.29, 1.82) is 0 Å². The predicted molar refractivity (Wildman–Crippen MR) is 47.9 cm³/mol. The molecular formula is C10H21. The van der Waals surface area contributed by atoms with E-state index in [1.54, 1.807) is 0 Å². The Morgan fingerprint density at radius 1 is 1.20 bits per heavy atom. The molecule has 0 aliphatic rings. The topological polar surface area (TPSA) is 0 Å². The van der Waals surface area contributed by atoms with Crippen LogP contribution in [0.1, 0.15) is 52.9 Å². The molecule has 0 N–H and O–H groups in total. The summed E-state index contributed by atoms with van der Waals surface area (Å²) in [7, 11) is 0. The van der Waals surface area contributed by atoms with Crippen LogP contribution >= 0.6 is 0 Å². The fourth-order valence-electron chi connectivity index (χ4n) is 1.29. The SMILES string of the molecule is CC[CH]C(CC)CCCC. The Kier molecular flexibility index (Phi) is 7.11. The van der Waals surface area contributed by atoms with Crippen LogP contribution in [0.5, 0.6) is 0 Å². The molecule has 1 unspecified atom stereocenters. The summed E-state index contributed by atoms with van der Waals surface area (Å²) in [5.74, 6) is 0.893. The maximum absolute atomic E-state index is 2.45. The average Bonchev–Trinajstić information content (AvgIpc) is 1.98. The minimum atomic E-state index is 0.893. The van der Waals surface area contributed by atoms with Crippen LogP contribution in [0.4, 0.5) is 0 Å². The molecule has 0 saturated carbocycles. The molecule has 0 aliphatic heterocycles. The van der Waals surface area contributed by atoms with Crippen molar-refractivity contribution in [3.8, 4) is 0 Å². The monoisotopic (exact) mass is 141 g/mol. The summed E-state index contributed by atoms with van der Waals surface area (Å²) in [6.45, 7) is 6.78. The smallest absolute Gasteiger partial charge is 0.0358 e. The van der Waals surface area contributed by atoms with Gasteiger partial charge in [-0.1, -0.05) is 52.9 Å². The largest absolute Gasteiger partial charge is 0.0654 e. The molecule has 0 aromatic rings. The number of hydrogen-bond donors (Lipinski definition) is 0. The van der Waals surface area contributed by atoms with E-state index in [1.807, 2.05) is 0 Å². The maximum Gasteiger partial charge on any atom is -0.0358 e. The Hall–Kier alpha value is 0. The van der Waals surface area contributed by atoms with Crippen molar-refractivity contribution in [3.63, 3.8) is 0 Å². The molecule has 0 aromatic heterocycles. The van der Waals surface area contributed by atoms with Crippen LogP contribution in [0.3, 0.4) is 0 Å². The summed E-state index contributed by atoms with van der Waals surface area (Å²) >= 11 is 0. The van der Waals surface area contributed by atoms with Gasteiger partial charge in [0.15, 0.2) is 0 Å². The van der Waals surface area contributed by atoms with Crippen LogP contribution in [0, 0.1) is 12.3 Å². The van der Waals surface area contributed by atoms with Gasteiger partial charge in [0.1, 0.15) is 0 Å². The van der Waals surface area contributed by atoms with Crippen molar-refractivity contribution >= 4 is 0 Å². The fraction of sp³-hybridized carbons (Fsp3) is 0.900. The molecule has 0 heteroatoms. The average molecular weight is 141 g/mol. The van der Waals surface area contributed by atoms with E-state index in [0.717, 1.165) is 5.92 Å². The fourth-order valence-corrected chi connectivity index (χ4v) is 1.29. The molecule has 1 atom stereocenters. The lowest BCUT2D eigenvalue weighted by atomic mass is 9.95. The third kappa shape index (κ3) is 4.84. The van der Waals surface area contributed by atoms with E-state index in [-0.39, 0.29) is 0 Å². The second-order valence-corrected chi connectivity index (χ2v) is 2.95. The summed E-state index contributed by atoms with van der Waals surface area (Å²) in [6.07, 6.45) is 9.16. The van der Waals surface area contributed by atoms with Gasteiger partial charge in [-0.2, -0.15) is 0 Å². The highest BCUT2D eigenvalue weighted by molar-refractivity contribution is 4.72. The molecule has 0 aliphatic carbocycles. The van der Waals surface area contributed by atoms with Crippen molar-refractivity contribution in [1.82, 2.24) is 0 Å². The Morgan fingerprint density at radius 3 is 2.30 bits per heavy atom. The number of unbranched alkanes of at least 4 members (excludes halogenated alkanes) is 1. The molecule has 0 aromatic carbocycles. The minimum Gasteiger partial charge on any atom is -0.0654 e. The molecule has 0 saturated heterocycles. The summed E-state index contributed by atoms with van der Waals surface area (Å²) in [6, 6.07) is 0. The molecular weight excluding hydrogens is 120 g/mol. The first-order valence-corrected chi connectivity index (χ1v) is 4.68. The Bertz CT molecular complexity index is 57.1. The van der Waals surface area contributed by atoms with Gasteiger partial charge in [-0.05, 0) is 12.3 Å². The first-order chi connectivity index (χ1) is 4.85. The standard InChI is InChI=1S/C10H21/c1-4-7-9-10(6-3)8-5-2/h8,10H,4-7,9H2,1-3H3. The van der Waals surface area contributed by atoms with Gasteiger partial charge < -0.3 is 0 Å². The highest BCUT2D eigenvalue weighted by Gasteiger charge is 2.02. The molecule has 0 rings (SSSR count). The van der Waals surface area contributed by atoms with Crippen molar-refractivity contribution in [2.75, 3.05) is 0 Å². The van der Waals surface area contributed by atoms with E-state index in [1.165, 1.54) is 32.1 Å². The van der Waals surface area contributed by atoms with E-state index < -0.39 is 0 Å². The van der Waals surface area contributed by atoms with Crippen LogP contribution < -0.4 is 0 Å². The summed E-state index contributed by atoms with van der Waals surface area (Å²) in [4.78, 5) is 0. The van der Waals surface area contributed by atoms with E-state index in [2.05, 4.69) is 27.2 Å². The van der Waals surface area contributed by atoms with E-state index in [0.29, 0.717) is 0 Å². The van der Waals surface area contributed by atoms with Crippen molar-refractivity contribution < 1.29 is 0 Å². The van der Waals surface area contributed by atoms with Crippen molar-refractivity contribution in [2.24, 2.45) is 5.92 Å². The van der Waals surface area contributed by atoms with Gasteiger partial charge in [-0.3, -0.25) is 0 Å². The van der Waals surface area contributed by atoms with Crippen molar-refractivity contribution in [2.45, 2.75) is 52.9 Å². The molecule has 0 amide bonds. The second kappa shape index (κ2) is 7.11. The zero-order chi connectivity index (χ0) is 7.82. The van der Waals surface area contributed by atoms with Gasteiger partial charge in [0, 0.05) is 0 Å². The van der Waals surface area contributed by atoms with E-state index >= 15 is 0 Å². The maximum atomic E-state index is 2.45. The molecule has 0 heterocycles. The molecule has 0 spiro atoms. The zero-order valence-electron chi connectivity index (χ0n) is 7.69. The lowest BCUT2D eigenvalue weighted by Gasteiger charge is -2.11. The van der Waals surface area contributed by atoms with Gasteiger partial charge in [0.05, 0.1) is 0 Å². The summed E-state index contributed by atoms with van der Waals surface area (Å²) < 4.78 is 0. The van der Waals surface area contributed by atoms with Crippen LogP contribution in [0.15, 0.2) is 0 Å². The molecule has 10 heavy (non-hydrogen) atoms. The molecule has 0 bridgehead atoms. The quantitative estimate of drug-likeness (QED) is 0.527. The number of rotatable bonds is 6.